The molecule has 0 aromatic heterocycles. The maximum atomic E-state index is 13.2. The summed E-state index contributed by atoms with van der Waals surface area (Å²) < 4.78 is 10.9. The molecule has 6 heteroatoms. The molecule has 0 saturated carbocycles. The average Bonchev–Trinajstić information content (AvgIpc) is 2.71. The van der Waals surface area contributed by atoms with Crippen LogP contribution in [0.2, 0.25) is 0 Å². The van der Waals surface area contributed by atoms with Crippen molar-refractivity contribution in [2.75, 3.05) is 13.7 Å². The number of nitrogens with one attached hydrogen (secondary N) is 1. The predicted octanol–water partition coefficient (Wildman–Crippen LogP) is 4.10. The first-order valence-electron chi connectivity index (χ1n) is 10.6. The topological polar surface area (TPSA) is 67.9 Å². The zero-order valence-corrected chi connectivity index (χ0v) is 19.4. The van der Waals surface area contributed by atoms with Gasteiger partial charge in [-0.05, 0) is 63.9 Å². The number of rotatable bonds is 9. The van der Waals surface area contributed by atoms with Crippen LogP contribution in [0.1, 0.15) is 45.2 Å². The van der Waals surface area contributed by atoms with E-state index in [1.807, 2.05) is 58.9 Å². The number of ether oxygens (including phenoxy) is 2. The Morgan fingerprint density at radius 2 is 1.71 bits per heavy atom. The van der Waals surface area contributed by atoms with Gasteiger partial charge in [0, 0.05) is 12.1 Å². The number of aryl methyl sites for hydroxylation is 1. The van der Waals surface area contributed by atoms with E-state index < -0.39 is 6.04 Å². The zero-order valence-electron chi connectivity index (χ0n) is 19.4. The highest BCUT2D eigenvalue weighted by Gasteiger charge is 2.30. The molecule has 0 spiro atoms. The molecular weight excluding hydrogens is 392 g/mol. The predicted molar refractivity (Wildman–Crippen MR) is 122 cm³/mol. The van der Waals surface area contributed by atoms with E-state index in [0.29, 0.717) is 24.5 Å². The highest BCUT2D eigenvalue weighted by Crippen LogP contribution is 2.19. The minimum atomic E-state index is -0.591. The van der Waals surface area contributed by atoms with Crippen LogP contribution in [0.3, 0.4) is 0 Å². The molecule has 0 aliphatic carbocycles. The van der Waals surface area contributed by atoms with E-state index in [0.717, 1.165) is 11.1 Å². The van der Waals surface area contributed by atoms with Crippen molar-refractivity contribution in [2.24, 2.45) is 0 Å². The monoisotopic (exact) mass is 426 g/mol. The van der Waals surface area contributed by atoms with Gasteiger partial charge in [0.2, 0.25) is 5.91 Å². The maximum absolute atomic E-state index is 13.2. The van der Waals surface area contributed by atoms with Gasteiger partial charge in [0.15, 0.2) is 6.61 Å². The van der Waals surface area contributed by atoms with Crippen molar-refractivity contribution >= 4 is 11.8 Å². The number of amides is 2. The van der Waals surface area contributed by atoms with Gasteiger partial charge in [0.25, 0.3) is 5.91 Å². The number of hydrogen-bond donors (Lipinski definition) is 1. The number of nitrogens with zero attached hydrogens (tertiary/aromatic N) is 1. The standard InChI is InChI=1S/C25H34N2O4/c1-7-22(24(29)26-25(3,4)5)27(16-19-10-8-9-18(2)15-19)23(28)17-31-21-13-11-20(30-6)12-14-21/h8-15,22H,7,16-17H2,1-6H3,(H,26,29). The largest absolute Gasteiger partial charge is 0.497 e. The SMILES string of the molecule is CCC(C(=O)NC(C)(C)C)N(Cc1cccc(C)c1)C(=O)COc1ccc(OC)cc1. The molecule has 1 atom stereocenters. The molecule has 0 saturated heterocycles. The fourth-order valence-corrected chi connectivity index (χ4v) is 3.28. The molecule has 2 aromatic carbocycles. The van der Waals surface area contributed by atoms with Gasteiger partial charge in [-0.3, -0.25) is 9.59 Å². The second-order valence-electron chi connectivity index (χ2n) is 8.64. The number of carbonyl (C=O) groups is 2. The fraction of sp³-hybridized carbons (Fsp3) is 0.440. The van der Waals surface area contributed by atoms with Crippen LogP contribution in [0.25, 0.3) is 0 Å². The third kappa shape index (κ3) is 7.63. The van der Waals surface area contributed by atoms with E-state index in [4.69, 9.17) is 9.47 Å². The summed E-state index contributed by atoms with van der Waals surface area (Å²) in [6.07, 6.45) is 0.502. The lowest BCUT2D eigenvalue weighted by Gasteiger charge is -2.33. The van der Waals surface area contributed by atoms with Crippen molar-refractivity contribution in [3.8, 4) is 11.5 Å². The van der Waals surface area contributed by atoms with Crippen LogP contribution < -0.4 is 14.8 Å². The Morgan fingerprint density at radius 1 is 1.06 bits per heavy atom. The summed E-state index contributed by atoms with van der Waals surface area (Å²) in [5, 5.41) is 3.00. The highest BCUT2D eigenvalue weighted by molar-refractivity contribution is 5.88. The molecule has 2 aromatic rings. The Kier molecular flexibility index (Phi) is 8.48. The summed E-state index contributed by atoms with van der Waals surface area (Å²) >= 11 is 0. The van der Waals surface area contributed by atoms with Gasteiger partial charge in [0.05, 0.1) is 7.11 Å². The molecule has 0 bridgehead atoms. The van der Waals surface area contributed by atoms with Crippen molar-refractivity contribution in [2.45, 2.75) is 59.2 Å². The Bertz CT molecular complexity index is 872. The van der Waals surface area contributed by atoms with Crippen LogP contribution in [-0.2, 0) is 16.1 Å². The maximum Gasteiger partial charge on any atom is 0.261 e. The summed E-state index contributed by atoms with van der Waals surface area (Å²) in [6, 6.07) is 14.4. The Labute approximate surface area is 185 Å². The molecule has 6 nitrogen and oxygen atoms in total. The average molecular weight is 427 g/mol. The van der Waals surface area contributed by atoms with Crippen LogP contribution in [0, 0.1) is 6.92 Å². The quantitative estimate of drug-likeness (QED) is 0.655. The molecule has 31 heavy (non-hydrogen) atoms. The van der Waals surface area contributed by atoms with Gasteiger partial charge >= 0.3 is 0 Å². The van der Waals surface area contributed by atoms with Gasteiger partial charge in [0.1, 0.15) is 17.5 Å². The third-order valence-electron chi connectivity index (χ3n) is 4.74. The Hall–Kier alpha value is -3.02. The molecule has 0 fully saturated rings. The lowest BCUT2D eigenvalue weighted by molar-refractivity contribution is -0.143. The molecule has 0 aliphatic rings. The second-order valence-corrected chi connectivity index (χ2v) is 8.64. The van der Waals surface area contributed by atoms with E-state index >= 15 is 0 Å². The summed E-state index contributed by atoms with van der Waals surface area (Å²) in [5.41, 5.74) is 1.69. The lowest BCUT2D eigenvalue weighted by atomic mass is 10.1. The number of methoxy groups -OCH3 is 1. The first-order chi connectivity index (χ1) is 14.6. The van der Waals surface area contributed by atoms with Crippen LogP contribution in [0.4, 0.5) is 0 Å². The minimum absolute atomic E-state index is 0.155. The van der Waals surface area contributed by atoms with Crippen molar-refractivity contribution in [1.29, 1.82) is 0 Å². The van der Waals surface area contributed by atoms with Gasteiger partial charge in [-0.25, -0.2) is 0 Å². The summed E-state index contributed by atoms with van der Waals surface area (Å²) in [5.74, 6) is 0.871. The molecule has 0 aliphatic heterocycles. The molecule has 2 amide bonds. The van der Waals surface area contributed by atoms with Gasteiger partial charge < -0.3 is 19.7 Å². The third-order valence-corrected chi connectivity index (χ3v) is 4.74. The van der Waals surface area contributed by atoms with E-state index in [2.05, 4.69) is 5.32 Å². The van der Waals surface area contributed by atoms with Crippen molar-refractivity contribution in [3.05, 3.63) is 59.7 Å². The molecular formula is C25H34N2O4. The molecule has 2 rings (SSSR count). The molecule has 0 radical (unpaired) electrons. The first kappa shape index (κ1) is 24.3. The van der Waals surface area contributed by atoms with Crippen LogP contribution >= 0.6 is 0 Å². The summed E-state index contributed by atoms with van der Waals surface area (Å²) in [7, 11) is 1.59. The minimum Gasteiger partial charge on any atom is -0.497 e. The number of benzene rings is 2. The van der Waals surface area contributed by atoms with Gasteiger partial charge in [-0.2, -0.15) is 0 Å². The second kappa shape index (κ2) is 10.8. The molecule has 168 valence electrons. The fourth-order valence-electron chi connectivity index (χ4n) is 3.28. The van der Waals surface area contributed by atoms with Gasteiger partial charge in [-0.15, -0.1) is 0 Å². The van der Waals surface area contributed by atoms with E-state index in [1.165, 1.54) is 0 Å². The van der Waals surface area contributed by atoms with Crippen LogP contribution in [0.15, 0.2) is 48.5 Å². The van der Waals surface area contributed by atoms with E-state index in [1.54, 1.807) is 36.3 Å². The van der Waals surface area contributed by atoms with E-state index in [-0.39, 0.29) is 24.0 Å². The first-order valence-corrected chi connectivity index (χ1v) is 10.6. The van der Waals surface area contributed by atoms with Gasteiger partial charge in [-0.1, -0.05) is 36.8 Å². The number of carbonyl (C=O) groups excluding carboxylic acids is 2. The van der Waals surface area contributed by atoms with Crippen molar-refractivity contribution < 1.29 is 19.1 Å². The smallest absolute Gasteiger partial charge is 0.261 e. The lowest BCUT2D eigenvalue weighted by Crippen LogP contribution is -2.54. The molecule has 1 N–H and O–H groups in total. The molecule has 0 heterocycles. The van der Waals surface area contributed by atoms with E-state index in [9.17, 15) is 9.59 Å². The normalized spacial score (nSPS) is 12.1. The summed E-state index contributed by atoms with van der Waals surface area (Å²) in [6.45, 7) is 9.88. The van der Waals surface area contributed by atoms with Crippen LogP contribution in [-0.4, -0.2) is 42.0 Å². The Balaban J connectivity index is 2.21. The highest BCUT2D eigenvalue weighted by atomic mass is 16.5. The van der Waals surface area contributed by atoms with Crippen molar-refractivity contribution in [3.63, 3.8) is 0 Å². The van der Waals surface area contributed by atoms with Crippen LogP contribution in [0.5, 0.6) is 11.5 Å². The molecule has 1 unspecified atom stereocenters. The Morgan fingerprint density at radius 3 is 2.26 bits per heavy atom. The summed E-state index contributed by atoms with van der Waals surface area (Å²) in [4.78, 5) is 27.8. The van der Waals surface area contributed by atoms with Crippen molar-refractivity contribution in [1.82, 2.24) is 10.2 Å². The number of hydrogen-bond acceptors (Lipinski definition) is 4. The zero-order chi connectivity index (χ0) is 23.0.